The second-order valence-electron chi connectivity index (χ2n) is 3.04. The molecule has 0 amide bonds. The molecule has 1 aromatic carbocycles. The Morgan fingerprint density at radius 3 is 3.00 bits per heavy atom. The molecule has 0 spiro atoms. The van der Waals surface area contributed by atoms with Gasteiger partial charge in [-0.3, -0.25) is 0 Å². The van der Waals surface area contributed by atoms with Gasteiger partial charge in [0.15, 0.2) is 0 Å². The van der Waals surface area contributed by atoms with Crippen molar-refractivity contribution < 1.29 is 0 Å². The highest BCUT2D eigenvalue weighted by atomic mass is 32.1. The molecule has 2 aromatic rings. The van der Waals surface area contributed by atoms with Gasteiger partial charge in [-0.25, -0.2) is 0 Å². The zero-order valence-corrected chi connectivity index (χ0v) is 8.53. The van der Waals surface area contributed by atoms with E-state index in [9.17, 15) is 0 Å². The van der Waals surface area contributed by atoms with E-state index in [0.29, 0.717) is 0 Å². The van der Waals surface area contributed by atoms with E-state index in [4.69, 9.17) is 0 Å². The van der Waals surface area contributed by atoms with E-state index in [1.165, 1.54) is 15.6 Å². The molecule has 0 fully saturated rings. The van der Waals surface area contributed by atoms with Gasteiger partial charge in [0.2, 0.25) is 0 Å². The van der Waals surface area contributed by atoms with Crippen LogP contribution >= 0.6 is 11.3 Å². The maximum Gasteiger partial charge on any atom is 0.0346 e. The lowest BCUT2D eigenvalue weighted by Gasteiger charge is -1.99. The van der Waals surface area contributed by atoms with Crippen molar-refractivity contribution in [2.75, 3.05) is 6.54 Å². The molecule has 1 heterocycles. The fourth-order valence-corrected chi connectivity index (χ4v) is 2.39. The highest BCUT2D eigenvalue weighted by Crippen LogP contribution is 2.25. The predicted octanol–water partition coefficient (Wildman–Crippen LogP) is 3.01. The number of benzene rings is 1. The average Bonchev–Trinajstić information content (AvgIpc) is 2.58. The highest BCUT2D eigenvalue weighted by molar-refractivity contribution is 7.17. The van der Waals surface area contributed by atoms with E-state index in [1.54, 1.807) is 0 Å². The van der Waals surface area contributed by atoms with Crippen LogP contribution in [0.3, 0.4) is 0 Å². The van der Waals surface area contributed by atoms with Crippen LogP contribution in [-0.2, 0) is 6.54 Å². The number of fused-ring (bicyclic) bond motifs is 1. The lowest BCUT2D eigenvalue weighted by Crippen LogP contribution is -2.10. The first kappa shape index (κ1) is 8.73. The maximum atomic E-state index is 3.35. The zero-order chi connectivity index (χ0) is 9.10. The first-order valence-electron chi connectivity index (χ1n) is 4.57. The molecule has 68 valence electrons. The first-order valence-corrected chi connectivity index (χ1v) is 5.45. The molecule has 0 saturated carbocycles. The van der Waals surface area contributed by atoms with Gasteiger partial charge >= 0.3 is 0 Å². The van der Waals surface area contributed by atoms with Gasteiger partial charge in [0.25, 0.3) is 0 Å². The number of rotatable bonds is 3. The van der Waals surface area contributed by atoms with Crippen molar-refractivity contribution >= 4 is 21.4 Å². The summed E-state index contributed by atoms with van der Waals surface area (Å²) in [5.74, 6) is 0. The van der Waals surface area contributed by atoms with Crippen molar-refractivity contribution in [1.82, 2.24) is 5.32 Å². The second-order valence-corrected chi connectivity index (χ2v) is 3.95. The van der Waals surface area contributed by atoms with Gasteiger partial charge < -0.3 is 5.32 Å². The van der Waals surface area contributed by atoms with Crippen LogP contribution < -0.4 is 5.32 Å². The van der Waals surface area contributed by atoms with Crippen molar-refractivity contribution in [3.63, 3.8) is 0 Å². The fraction of sp³-hybridized carbons (Fsp3) is 0.273. The maximum absolute atomic E-state index is 3.35. The van der Waals surface area contributed by atoms with Gasteiger partial charge in [-0.2, -0.15) is 0 Å². The third kappa shape index (κ3) is 1.74. The van der Waals surface area contributed by atoms with Crippen LogP contribution in [0, 0.1) is 0 Å². The smallest absolute Gasteiger partial charge is 0.0346 e. The minimum Gasteiger partial charge on any atom is -0.313 e. The molecule has 0 radical (unpaired) electrons. The summed E-state index contributed by atoms with van der Waals surface area (Å²) in [6, 6.07) is 8.56. The normalized spacial score (nSPS) is 10.8. The van der Waals surface area contributed by atoms with Gasteiger partial charge in [-0.05, 0) is 28.9 Å². The number of nitrogens with one attached hydrogen (secondary N) is 1. The topological polar surface area (TPSA) is 12.0 Å². The van der Waals surface area contributed by atoms with Crippen LogP contribution in [0.4, 0.5) is 0 Å². The Morgan fingerprint density at radius 2 is 2.15 bits per heavy atom. The lowest BCUT2D eigenvalue weighted by molar-refractivity contribution is 0.732. The molecule has 1 nitrogen and oxygen atoms in total. The van der Waals surface area contributed by atoms with E-state index in [1.807, 2.05) is 11.3 Å². The molecule has 2 rings (SSSR count). The van der Waals surface area contributed by atoms with Crippen molar-refractivity contribution in [2.24, 2.45) is 0 Å². The Balaban J connectivity index is 2.35. The van der Waals surface area contributed by atoms with E-state index in [0.717, 1.165) is 13.1 Å². The van der Waals surface area contributed by atoms with E-state index >= 15 is 0 Å². The quantitative estimate of drug-likeness (QED) is 0.786. The van der Waals surface area contributed by atoms with E-state index < -0.39 is 0 Å². The molecule has 13 heavy (non-hydrogen) atoms. The molecule has 0 unspecified atom stereocenters. The number of hydrogen-bond acceptors (Lipinski definition) is 2. The van der Waals surface area contributed by atoms with Gasteiger partial charge in [0, 0.05) is 11.2 Å². The molecule has 0 aliphatic heterocycles. The molecule has 0 atom stereocenters. The van der Waals surface area contributed by atoms with Gasteiger partial charge in [0.1, 0.15) is 0 Å². The minimum atomic E-state index is 0.987. The molecule has 0 saturated heterocycles. The molecule has 0 aliphatic rings. The monoisotopic (exact) mass is 191 g/mol. The van der Waals surface area contributed by atoms with Crippen molar-refractivity contribution in [3.05, 3.63) is 35.2 Å². The summed E-state index contributed by atoms with van der Waals surface area (Å²) in [7, 11) is 0. The van der Waals surface area contributed by atoms with Gasteiger partial charge in [-0.15, -0.1) is 11.3 Å². The third-order valence-electron chi connectivity index (χ3n) is 2.13. The van der Waals surface area contributed by atoms with Crippen LogP contribution in [0.2, 0.25) is 0 Å². The molecule has 0 bridgehead atoms. The number of hydrogen-bond donors (Lipinski definition) is 1. The fourth-order valence-electron chi connectivity index (χ4n) is 1.43. The summed E-state index contributed by atoms with van der Waals surface area (Å²) in [5, 5.41) is 6.99. The van der Waals surface area contributed by atoms with Gasteiger partial charge in [-0.1, -0.05) is 25.1 Å². The highest BCUT2D eigenvalue weighted by Gasteiger charge is 2.00. The standard InChI is InChI=1S/C11H13NS/c1-2-12-7-9-8-13-11-6-4-3-5-10(9)11/h3-6,8,12H,2,7H2,1H3. The molecule has 0 aliphatic carbocycles. The van der Waals surface area contributed by atoms with E-state index in [-0.39, 0.29) is 0 Å². The summed E-state index contributed by atoms with van der Waals surface area (Å²) in [6.07, 6.45) is 0. The SMILES string of the molecule is CCNCc1csc2ccccc12. The Morgan fingerprint density at radius 1 is 1.31 bits per heavy atom. The predicted molar refractivity (Wildman–Crippen MR) is 59.2 cm³/mol. The van der Waals surface area contributed by atoms with Crippen molar-refractivity contribution in [3.8, 4) is 0 Å². The molecule has 1 N–H and O–H groups in total. The zero-order valence-electron chi connectivity index (χ0n) is 7.71. The Bertz CT molecular complexity index is 392. The largest absolute Gasteiger partial charge is 0.313 e. The van der Waals surface area contributed by atoms with Crippen LogP contribution in [0.25, 0.3) is 10.1 Å². The van der Waals surface area contributed by atoms with Crippen LogP contribution in [0.5, 0.6) is 0 Å². The summed E-state index contributed by atoms with van der Waals surface area (Å²) < 4.78 is 1.38. The molecular formula is C11H13NS. The first-order chi connectivity index (χ1) is 6.42. The Labute approximate surface area is 82.4 Å². The van der Waals surface area contributed by atoms with Crippen LogP contribution in [0.15, 0.2) is 29.6 Å². The second kappa shape index (κ2) is 3.90. The lowest BCUT2D eigenvalue weighted by atomic mass is 10.2. The summed E-state index contributed by atoms with van der Waals surface area (Å²) in [6.45, 7) is 4.15. The summed E-state index contributed by atoms with van der Waals surface area (Å²) in [4.78, 5) is 0. The average molecular weight is 191 g/mol. The molecule has 2 heteroatoms. The summed E-state index contributed by atoms with van der Waals surface area (Å²) in [5.41, 5.74) is 1.42. The van der Waals surface area contributed by atoms with Crippen LogP contribution in [-0.4, -0.2) is 6.54 Å². The van der Waals surface area contributed by atoms with Crippen LogP contribution in [0.1, 0.15) is 12.5 Å². The number of thiophene rings is 1. The Kier molecular flexibility index (Phi) is 2.62. The summed E-state index contributed by atoms with van der Waals surface area (Å²) >= 11 is 1.82. The molecule has 1 aromatic heterocycles. The third-order valence-corrected chi connectivity index (χ3v) is 3.14. The Hall–Kier alpha value is -0.860. The van der Waals surface area contributed by atoms with Crippen molar-refractivity contribution in [1.29, 1.82) is 0 Å². The molecular weight excluding hydrogens is 178 g/mol. The van der Waals surface area contributed by atoms with E-state index in [2.05, 4.69) is 41.9 Å². The van der Waals surface area contributed by atoms with Gasteiger partial charge in [0.05, 0.1) is 0 Å². The minimum absolute atomic E-state index is 0.987. The van der Waals surface area contributed by atoms with Crippen molar-refractivity contribution in [2.45, 2.75) is 13.5 Å².